The third kappa shape index (κ3) is 3.19. The minimum atomic E-state index is -1.30. The smallest absolute Gasteiger partial charge is 0.334 e. The van der Waals surface area contributed by atoms with Crippen LogP contribution in [0.3, 0.4) is 0 Å². The van der Waals surface area contributed by atoms with Crippen LogP contribution >= 0.6 is 0 Å². The molecule has 1 aromatic heterocycles. The van der Waals surface area contributed by atoms with E-state index in [1.165, 1.54) is 26.1 Å². The highest BCUT2D eigenvalue weighted by Crippen LogP contribution is 2.41. The van der Waals surface area contributed by atoms with E-state index < -0.39 is 23.7 Å². The molecule has 7 heteroatoms. The van der Waals surface area contributed by atoms with E-state index in [0.29, 0.717) is 5.56 Å². The van der Waals surface area contributed by atoms with E-state index in [9.17, 15) is 19.8 Å². The summed E-state index contributed by atoms with van der Waals surface area (Å²) in [6.07, 6.45) is 3.05. The predicted octanol–water partition coefficient (Wildman–Crippen LogP) is 3.29. The van der Waals surface area contributed by atoms with E-state index in [0.717, 1.165) is 0 Å². The minimum absolute atomic E-state index is 0.00801. The number of carboxylic acid groups (broad SMARTS) is 2. The van der Waals surface area contributed by atoms with Crippen LogP contribution in [0.5, 0.6) is 0 Å². The number of dihydropyridines is 1. The lowest BCUT2D eigenvalue weighted by Gasteiger charge is -2.29. The summed E-state index contributed by atoms with van der Waals surface area (Å²) in [6.45, 7) is 3.06. The average molecular weight is 368 g/mol. The Kier molecular flexibility index (Phi) is 4.77. The molecule has 0 radical (unpaired) electrons. The molecule has 0 fully saturated rings. The number of halogens is 1. The molecule has 1 aliphatic heterocycles. The second-order valence-electron chi connectivity index (χ2n) is 6.20. The Morgan fingerprint density at radius 1 is 1.04 bits per heavy atom. The molecule has 0 saturated heterocycles. The van der Waals surface area contributed by atoms with Gasteiger partial charge in [0.15, 0.2) is 0 Å². The molecule has 6 nitrogen and oxygen atoms in total. The molecule has 3 N–H and O–H groups in total. The fraction of sp³-hybridized carbons (Fsp3) is 0.150. The topological polar surface area (TPSA) is 99.5 Å². The van der Waals surface area contributed by atoms with Crippen molar-refractivity contribution in [2.75, 3.05) is 0 Å². The maximum Gasteiger partial charge on any atom is 0.334 e. The minimum Gasteiger partial charge on any atom is -0.478 e. The Bertz CT molecular complexity index is 960. The van der Waals surface area contributed by atoms with Crippen LogP contribution in [0.25, 0.3) is 11.1 Å². The van der Waals surface area contributed by atoms with Crippen LogP contribution in [-0.2, 0) is 9.59 Å². The van der Waals surface area contributed by atoms with Gasteiger partial charge in [0.1, 0.15) is 5.82 Å². The van der Waals surface area contributed by atoms with Crippen molar-refractivity contribution >= 4 is 11.9 Å². The van der Waals surface area contributed by atoms with Crippen molar-refractivity contribution in [1.82, 2.24) is 10.3 Å². The van der Waals surface area contributed by atoms with Crippen LogP contribution in [0, 0.1) is 5.82 Å². The van der Waals surface area contributed by atoms with Crippen LogP contribution in [0.2, 0.25) is 0 Å². The summed E-state index contributed by atoms with van der Waals surface area (Å²) in [5, 5.41) is 22.1. The zero-order valence-electron chi connectivity index (χ0n) is 14.7. The molecule has 2 aromatic rings. The van der Waals surface area contributed by atoms with Gasteiger partial charge < -0.3 is 15.5 Å². The van der Waals surface area contributed by atoms with Gasteiger partial charge in [0.05, 0.1) is 17.1 Å². The Labute approximate surface area is 154 Å². The Balaban J connectivity index is 2.27. The normalized spacial score (nSPS) is 14.9. The summed E-state index contributed by atoms with van der Waals surface area (Å²) >= 11 is 0. The van der Waals surface area contributed by atoms with Crippen molar-refractivity contribution in [3.8, 4) is 11.1 Å². The quantitative estimate of drug-likeness (QED) is 0.766. The maximum absolute atomic E-state index is 15.4. The van der Waals surface area contributed by atoms with Gasteiger partial charge in [-0.3, -0.25) is 4.98 Å². The highest BCUT2D eigenvalue weighted by atomic mass is 19.1. The summed E-state index contributed by atoms with van der Waals surface area (Å²) in [5.41, 5.74) is 0.902. The molecule has 2 heterocycles. The van der Waals surface area contributed by atoms with E-state index in [2.05, 4.69) is 10.3 Å². The zero-order valence-corrected chi connectivity index (χ0v) is 14.7. The molecule has 0 atom stereocenters. The number of hydrogen-bond donors (Lipinski definition) is 3. The number of nitrogens with zero attached hydrogens (tertiary/aromatic N) is 1. The largest absolute Gasteiger partial charge is 0.478 e. The summed E-state index contributed by atoms with van der Waals surface area (Å²) in [7, 11) is 0. The number of rotatable bonds is 4. The summed E-state index contributed by atoms with van der Waals surface area (Å²) in [5.74, 6) is -4.52. The van der Waals surface area contributed by atoms with E-state index >= 15 is 4.39 Å². The second-order valence-corrected chi connectivity index (χ2v) is 6.20. The molecule has 0 amide bonds. The fourth-order valence-electron chi connectivity index (χ4n) is 3.39. The van der Waals surface area contributed by atoms with Gasteiger partial charge in [0.2, 0.25) is 0 Å². The van der Waals surface area contributed by atoms with E-state index in [1.807, 2.05) is 0 Å². The highest BCUT2D eigenvalue weighted by molar-refractivity contribution is 5.98. The molecule has 3 rings (SSSR count). The lowest BCUT2D eigenvalue weighted by Crippen LogP contribution is -2.31. The van der Waals surface area contributed by atoms with Crippen molar-refractivity contribution in [2.45, 2.75) is 19.8 Å². The third-order valence-corrected chi connectivity index (χ3v) is 4.53. The molecule has 0 saturated carbocycles. The van der Waals surface area contributed by atoms with Gasteiger partial charge in [-0.2, -0.15) is 0 Å². The first-order valence-corrected chi connectivity index (χ1v) is 8.16. The first kappa shape index (κ1) is 18.3. The van der Waals surface area contributed by atoms with Crippen LogP contribution in [0.4, 0.5) is 4.39 Å². The number of nitrogens with one attached hydrogen (secondary N) is 1. The summed E-state index contributed by atoms with van der Waals surface area (Å²) in [4.78, 5) is 27.7. The number of hydrogen-bond acceptors (Lipinski definition) is 4. The lowest BCUT2D eigenvalue weighted by molar-refractivity contribution is -0.133. The van der Waals surface area contributed by atoms with Gasteiger partial charge in [-0.05, 0) is 19.9 Å². The van der Waals surface area contributed by atoms with Crippen molar-refractivity contribution in [3.63, 3.8) is 0 Å². The number of carboxylic acids is 2. The molecular formula is C20H17FN2O4. The fourth-order valence-corrected chi connectivity index (χ4v) is 3.39. The molecule has 138 valence electrons. The van der Waals surface area contributed by atoms with E-state index in [1.54, 1.807) is 30.5 Å². The number of pyridine rings is 1. The highest BCUT2D eigenvalue weighted by Gasteiger charge is 2.38. The molecule has 27 heavy (non-hydrogen) atoms. The number of carbonyl (C=O) groups is 2. The Morgan fingerprint density at radius 3 is 2.19 bits per heavy atom. The van der Waals surface area contributed by atoms with Crippen molar-refractivity contribution in [3.05, 3.63) is 76.6 Å². The van der Waals surface area contributed by atoms with E-state index in [4.69, 9.17) is 0 Å². The van der Waals surface area contributed by atoms with Gasteiger partial charge in [0.25, 0.3) is 0 Å². The van der Waals surface area contributed by atoms with Gasteiger partial charge >= 0.3 is 11.9 Å². The van der Waals surface area contributed by atoms with Gasteiger partial charge in [0, 0.05) is 40.5 Å². The standard InChI is InChI=1S/C20H17FN2O4/c1-10-15(19(24)25)17(16(20(26)27)11(2)23-10)14-7-3-6-13(18(14)21)12-5-4-8-22-9-12/h3-9,17,23H,1-2H3,(H,24,25)(H,26,27). The molecule has 1 aromatic carbocycles. The van der Waals surface area contributed by atoms with Crippen LogP contribution in [-0.4, -0.2) is 27.1 Å². The summed E-state index contributed by atoms with van der Waals surface area (Å²) in [6, 6.07) is 7.87. The first-order valence-electron chi connectivity index (χ1n) is 8.16. The van der Waals surface area contributed by atoms with Crippen molar-refractivity contribution in [2.24, 2.45) is 0 Å². The Morgan fingerprint density at radius 2 is 1.67 bits per heavy atom. The molecular weight excluding hydrogens is 351 g/mol. The first-order chi connectivity index (χ1) is 12.8. The number of aliphatic carboxylic acids is 2. The van der Waals surface area contributed by atoms with Crippen molar-refractivity contribution < 1.29 is 24.2 Å². The predicted molar refractivity (Wildman–Crippen MR) is 96.2 cm³/mol. The van der Waals surface area contributed by atoms with Gasteiger partial charge in [-0.25, -0.2) is 14.0 Å². The lowest BCUT2D eigenvalue weighted by atomic mass is 9.79. The van der Waals surface area contributed by atoms with Crippen LogP contribution in [0.1, 0.15) is 25.3 Å². The van der Waals surface area contributed by atoms with Crippen LogP contribution < -0.4 is 5.32 Å². The number of allylic oxidation sites excluding steroid dienone is 2. The van der Waals surface area contributed by atoms with Gasteiger partial charge in [-0.15, -0.1) is 0 Å². The zero-order chi connectivity index (χ0) is 19.7. The molecule has 0 bridgehead atoms. The number of aromatic nitrogens is 1. The summed E-state index contributed by atoms with van der Waals surface area (Å²) < 4.78 is 15.4. The maximum atomic E-state index is 15.4. The van der Waals surface area contributed by atoms with Crippen molar-refractivity contribution in [1.29, 1.82) is 0 Å². The average Bonchev–Trinajstić information content (AvgIpc) is 2.61. The Hall–Kier alpha value is -3.48. The SMILES string of the molecule is CC1=C(C(=O)O)C(c2cccc(-c3cccnc3)c2F)C(C(=O)O)=C(C)N1. The van der Waals surface area contributed by atoms with Crippen LogP contribution in [0.15, 0.2) is 65.3 Å². The molecule has 1 aliphatic rings. The molecule has 0 aliphatic carbocycles. The van der Waals surface area contributed by atoms with Gasteiger partial charge in [-0.1, -0.05) is 24.3 Å². The second kappa shape index (κ2) is 7.03. The molecule has 0 spiro atoms. The number of benzene rings is 1. The monoisotopic (exact) mass is 368 g/mol. The van der Waals surface area contributed by atoms with E-state index in [-0.39, 0.29) is 33.7 Å². The molecule has 0 unspecified atom stereocenters. The third-order valence-electron chi connectivity index (χ3n) is 4.53.